The van der Waals surface area contributed by atoms with E-state index in [0.29, 0.717) is 23.5 Å². The Morgan fingerprint density at radius 2 is 1.88 bits per heavy atom. The number of thioether (sulfide) groups is 1. The quantitative estimate of drug-likeness (QED) is 0.391. The van der Waals surface area contributed by atoms with E-state index < -0.39 is 17.6 Å². The fourth-order valence-corrected chi connectivity index (χ4v) is 4.88. The molecular weight excluding hydrogens is 459 g/mol. The molecule has 34 heavy (non-hydrogen) atoms. The summed E-state index contributed by atoms with van der Waals surface area (Å²) in [5.41, 5.74) is 4.40. The highest BCUT2D eigenvalue weighted by molar-refractivity contribution is 7.99. The molecule has 4 rings (SSSR count). The highest BCUT2D eigenvalue weighted by atomic mass is 32.2. The summed E-state index contributed by atoms with van der Waals surface area (Å²) < 4.78 is 21.2. The molecule has 1 aromatic carbocycles. The number of furan rings is 1. The number of halogens is 1. The van der Waals surface area contributed by atoms with Crippen LogP contribution in [0.1, 0.15) is 36.4 Å². The molecule has 0 aliphatic carbocycles. The van der Waals surface area contributed by atoms with Crippen molar-refractivity contribution in [2.24, 2.45) is 11.8 Å². The second kappa shape index (κ2) is 10.7. The van der Waals surface area contributed by atoms with Gasteiger partial charge in [0.15, 0.2) is 5.16 Å². The molecule has 180 valence electrons. The molecule has 1 aliphatic rings. The van der Waals surface area contributed by atoms with Gasteiger partial charge in [-0.2, -0.15) is 0 Å². The van der Waals surface area contributed by atoms with Gasteiger partial charge in [0, 0.05) is 13.1 Å². The van der Waals surface area contributed by atoms with Gasteiger partial charge in [-0.25, -0.2) is 4.39 Å². The molecule has 2 unspecified atom stereocenters. The number of hydrogen-bond donors (Lipinski definition) is 2. The standard InChI is InChI=1S/C23H27FN6O3S/c1-15-10-16(2)12-29(11-15)22-27-28-23(30(22)13-17-6-5-9-33-17)34-14-20(31)25-26-21(32)18-7-3-4-8-19(18)24/h3-9,15-16H,10-14H2,1-2H3,(H,25,31)(H,26,32). The van der Waals surface area contributed by atoms with Crippen molar-refractivity contribution in [3.63, 3.8) is 0 Å². The maximum atomic E-state index is 13.7. The van der Waals surface area contributed by atoms with Gasteiger partial charge in [-0.1, -0.05) is 37.7 Å². The Bertz CT molecular complexity index is 1130. The smallest absolute Gasteiger partial charge is 0.272 e. The van der Waals surface area contributed by atoms with Gasteiger partial charge in [-0.3, -0.25) is 25.0 Å². The van der Waals surface area contributed by atoms with E-state index in [4.69, 9.17) is 4.42 Å². The highest BCUT2D eigenvalue weighted by Gasteiger charge is 2.27. The summed E-state index contributed by atoms with van der Waals surface area (Å²) in [5, 5.41) is 9.31. The van der Waals surface area contributed by atoms with Crippen molar-refractivity contribution in [1.82, 2.24) is 25.6 Å². The van der Waals surface area contributed by atoms with Crippen LogP contribution in [0.4, 0.5) is 10.3 Å². The monoisotopic (exact) mass is 486 g/mol. The zero-order valence-electron chi connectivity index (χ0n) is 19.0. The first kappa shape index (κ1) is 23.8. The van der Waals surface area contributed by atoms with E-state index in [2.05, 4.69) is 39.8 Å². The van der Waals surface area contributed by atoms with E-state index in [-0.39, 0.29) is 11.3 Å². The van der Waals surface area contributed by atoms with Crippen molar-refractivity contribution in [3.8, 4) is 0 Å². The normalized spacial score (nSPS) is 18.0. The van der Waals surface area contributed by atoms with Gasteiger partial charge < -0.3 is 9.32 Å². The maximum Gasteiger partial charge on any atom is 0.272 e. The summed E-state index contributed by atoms with van der Waals surface area (Å²) in [6.45, 7) is 6.65. The average Bonchev–Trinajstić information content (AvgIpc) is 3.46. The predicted octanol–water partition coefficient (Wildman–Crippen LogP) is 3.09. The number of rotatable bonds is 7. The average molecular weight is 487 g/mol. The topological polar surface area (TPSA) is 105 Å². The Balaban J connectivity index is 1.41. The van der Waals surface area contributed by atoms with Crippen LogP contribution in [0.5, 0.6) is 0 Å². The third-order valence-corrected chi connectivity index (χ3v) is 6.48. The number of piperidine rings is 1. The number of amides is 2. The van der Waals surface area contributed by atoms with E-state index in [0.717, 1.165) is 24.8 Å². The Kier molecular flexibility index (Phi) is 7.51. The molecule has 0 radical (unpaired) electrons. The SMILES string of the molecule is CC1CC(C)CN(c2nnc(SCC(=O)NNC(=O)c3ccccc3F)n2Cc2ccco2)C1. The molecular formula is C23H27FN6O3S. The van der Waals surface area contributed by atoms with Crippen molar-refractivity contribution < 1.29 is 18.4 Å². The molecule has 11 heteroatoms. The Hall–Kier alpha value is -3.34. The minimum atomic E-state index is -0.729. The number of hydrogen-bond acceptors (Lipinski definition) is 7. The van der Waals surface area contributed by atoms with Crippen molar-refractivity contribution in [1.29, 1.82) is 0 Å². The lowest BCUT2D eigenvalue weighted by atomic mass is 9.92. The molecule has 0 spiro atoms. The van der Waals surface area contributed by atoms with E-state index in [1.165, 1.54) is 36.4 Å². The van der Waals surface area contributed by atoms with Crippen LogP contribution < -0.4 is 15.8 Å². The predicted molar refractivity (Wildman–Crippen MR) is 126 cm³/mol. The first-order chi connectivity index (χ1) is 16.4. The summed E-state index contributed by atoms with van der Waals surface area (Å²) in [4.78, 5) is 26.7. The number of aromatic nitrogens is 3. The van der Waals surface area contributed by atoms with E-state index >= 15 is 0 Å². The van der Waals surface area contributed by atoms with Crippen LogP contribution in [-0.4, -0.2) is 45.4 Å². The number of nitrogens with one attached hydrogen (secondary N) is 2. The Labute approximate surface area is 201 Å². The third-order valence-electron chi connectivity index (χ3n) is 5.51. The van der Waals surface area contributed by atoms with Gasteiger partial charge in [-0.15, -0.1) is 10.2 Å². The molecule has 3 aromatic rings. The van der Waals surface area contributed by atoms with Crippen LogP contribution >= 0.6 is 11.8 Å². The summed E-state index contributed by atoms with van der Waals surface area (Å²) >= 11 is 1.20. The minimum Gasteiger partial charge on any atom is -0.467 e. The van der Waals surface area contributed by atoms with Crippen LogP contribution in [0, 0.1) is 17.7 Å². The van der Waals surface area contributed by atoms with E-state index in [9.17, 15) is 14.0 Å². The summed E-state index contributed by atoms with van der Waals surface area (Å²) in [7, 11) is 0. The van der Waals surface area contributed by atoms with Crippen molar-refractivity contribution in [2.75, 3.05) is 23.7 Å². The Morgan fingerprint density at radius 3 is 2.59 bits per heavy atom. The second-order valence-corrected chi connectivity index (χ2v) is 9.51. The number of benzene rings is 1. The van der Waals surface area contributed by atoms with Crippen LogP contribution in [0.25, 0.3) is 0 Å². The fraction of sp³-hybridized carbons (Fsp3) is 0.391. The van der Waals surface area contributed by atoms with Gasteiger partial charge in [0.1, 0.15) is 11.6 Å². The molecule has 2 N–H and O–H groups in total. The van der Waals surface area contributed by atoms with Gasteiger partial charge in [-0.05, 0) is 42.5 Å². The molecule has 1 saturated heterocycles. The highest BCUT2D eigenvalue weighted by Crippen LogP contribution is 2.29. The van der Waals surface area contributed by atoms with Gasteiger partial charge in [0.25, 0.3) is 5.91 Å². The lowest BCUT2D eigenvalue weighted by Gasteiger charge is -2.35. The number of nitrogens with zero attached hydrogens (tertiary/aromatic N) is 4. The number of carbonyl (C=O) groups excluding carboxylic acids is 2. The molecule has 3 heterocycles. The molecule has 9 nitrogen and oxygen atoms in total. The number of anilines is 1. The van der Waals surface area contributed by atoms with Crippen LogP contribution in [0.3, 0.4) is 0 Å². The first-order valence-corrected chi connectivity index (χ1v) is 12.1. The van der Waals surface area contributed by atoms with E-state index in [1.54, 1.807) is 12.3 Å². The number of hydrazine groups is 1. The summed E-state index contributed by atoms with van der Waals surface area (Å²) in [6, 6.07) is 9.25. The lowest BCUT2D eigenvalue weighted by Crippen LogP contribution is -2.42. The largest absolute Gasteiger partial charge is 0.467 e. The summed E-state index contributed by atoms with van der Waals surface area (Å²) in [5.74, 6) is 0.712. The zero-order valence-corrected chi connectivity index (χ0v) is 19.8. The fourth-order valence-electron chi connectivity index (χ4n) is 4.15. The second-order valence-electron chi connectivity index (χ2n) is 8.57. The zero-order chi connectivity index (χ0) is 24.1. The van der Waals surface area contributed by atoms with Gasteiger partial charge in [0.2, 0.25) is 11.9 Å². The molecule has 0 bridgehead atoms. The van der Waals surface area contributed by atoms with Crippen LogP contribution in [-0.2, 0) is 11.3 Å². The molecule has 0 saturated carbocycles. The molecule has 2 atom stereocenters. The minimum absolute atomic E-state index is 0.0132. The Morgan fingerprint density at radius 1 is 1.12 bits per heavy atom. The van der Waals surface area contributed by atoms with E-state index in [1.807, 2.05) is 16.7 Å². The number of carbonyl (C=O) groups is 2. The van der Waals surface area contributed by atoms with Crippen molar-refractivity contribution in [2.45, 2.75) is 32.0 Å². The molecule has 1 fully saturated rings. The molecule has 2 amide bonds. The third kappa shape index (κ3) is 5.77. The van der Waals surface area contributed by atoms with Gasteiger partial charge >= 0.3 is 0 Å². The summed E-state index contributed by atoms with van der Waals surface area (Å²) in [6.07, 6.45) is 2.78. The maximum absolute atomic E-state index is 13.7. The molecule has 1 aliphatic heterocycles. The molecule has 2 aromatic heterocycles. The lowest BCUT2D eigenvalue weighted by molar-refractivity contribution is -0.119. The van der Waals surface area contributed by atoms with Crippen molar-refractivity contribution in [3.05, 3.63) is 59.8 Å². The van der Waals surface area contributed by atoms with Gasteiger partial charge in [0.05, 0.1) is 24.1 Å². The van der Waals surface area contributed by atoms with Crippen LogP contribution in [0.2, 0.25) is 0 Å². The van der Waals surface area contributed by atoms with Crippen LogP contribution in [0.15, 0.2) is 52.2 Å². The first-order valence-electron chi connectivity index (χ1n) is 11.1. The van der Waals surface area contributed by atoms with Crippen molar-refractivity contribution >= 4 is 29.5 Å².